The molecule has 0 aliphatic carbocycles. The van der Waals surface area contributed by atoms with Crippen molar-refractivity contribution in [1.82, 2.24) is 15.6 Å². The van der Waals surface area contributed by atoms with E-state index in [1.807, 2.05) is 24.3 Å². The van der Waals surface area contributed by atoms with Crippen LogP contribution in [0.4, 0.5) is 4.39 Å². The second-order valence-electron chi connectivity index (χ2n) is 9.29. The summed E-state index contributed by atoms with van der Waals surface area (Å²) in [7, 11) is 0. The van der Waals surface area contributed by atoms with Crippen LogP contribution in [0.25, 0.3) is 22.2 Å². The average Bonchev–Trinajstić information content (AvgIpc) is 3.45. The molecule has 0 aliphatic heterocycles. The third kappa shape index (κ3) is 6.80. The maximum atomic E-state index is 13.4. The number of carboxylic acid groups (broad SMARTS) is 1. The van der Waals surface area contributed by atoms with Crippen LogP contribution >= 0.6 is 23.2 Å². The van der Waals surface area contributed by atoms with Gasteiger partial charge in [-0.1, -0.05) is 59.6 Å². The highest BCUT2D eigenvalue weighted by molar-refractivity contribution is 6.34. The van der Waals surface area contributed by atoms with Crippen molar-refractivity contribution in [2.75, 3.05) is 6.61 Å². The summed E-state index contributed by atoms with van der Waals surface area (Å²) in [4.78, 5) is 11.4. The first kappa shape index (κ1) is 29.3. The number of halogens is 3. The van der Waals surface area contributed by atoms with Crippen molar-refractivity contribution in [3.63, 3.8) is 0 Å². The Morgan fingerprint density at radius 2 is 1.69 bits per heavy atom. The summed E-state index contributed by atoms with van der Waals surface area (Å²) in [5.74, 6) is -0.841. The highest BCUT2D eigenvalue weighted by atomic mass is 35.5. The van der Waals surface area contributed by atoms with E-state index in [0.717, 1.165) is 16.7 Å². The van der Waals surface area contributed by atoms with E-state index < -0.39 is 18.6 Å². The molecule has 0 radical (unpaired) electrons. The third-order valence-corrected chi connectivity index (χ3v) is 7.21. The zero-order valence-corrected chi connectivity index (χ0v) is 23.4. The molecule has 0 spiro atoms. The van der Waals surface area contributed by atoms with Crippen LogP contribution in [-0.2, 0) is 24.6 Å². The van der Waals surface area contributed by atoms with Gasteiger partial charge in [-0.2, -0.15) is 0 Å². The molecular weight excluding hydrogens is 588 g/mol. The second-order valence-corrected chi connectivity index (χ2v) is 10.1. The lowest BCUT2D eigenvalue weighted by Crippen LogP contribution is -2.39. The van der Waals surface area contributed by atoms with Gasteiger partial charge >= 0.3 is 5.97 Å². The van der Waals surface area contributed by atoms with Gasteiger partial charge in [0.15, 0.2) is 0 Å². The number of rotatable bonds is 12. The molecule has 42 heavy (non-hydrogen) atoms. The van der Waals surface area contributed by atoms with Gasteiger partial charge < -0.3 is 19.7 Å². The molecule has 0 amide bonds. The highest BCUT2D eigenvalue weighted by Gasteiger charge is 2.19. The van der Waals surface area contributed by atoms with Gasteiger partial charge in [0.05, 0.1) is 16.7 Å². The third-order valence-electron chi connectivity index (χ3n) is 6.46. The number of aromatic nitrogens is 2. The fourth-order valence-electron chi connectivity index (χ4n) is 4.20. The topological polar surface area (TPSA) is 127 Å². The molecule has 9 nitrogen and oxygen atoms in total. The maximum Gasteiger partial charge on any atom is 0.323 e. The molecule has 1 aromatic heterocycles. The number of aliphatic carboxylic acids is 1. The smallest absolute Gasteiger partial charge is 0.323 e. The number of carboxylic acids is 1. The van der Waals surface area contributed by atoms with Crippen LogP contribution in [0.15, 0.2) is 77.4 Å². The van der Waals surface area contributed by atoms with E-state index in [1.165, 1.54) is 12.1 Å². The largest absolute Gasteiger partial charge is 0.488 e. The number of carbonyl (C=O) groups is 1. The summed E-state index contributed by atoms with van der Waals surface area (Å²) in [6.07, 6.45) is 0. The van der Waals surface area contributed by atoms with Crippen molar-refractivity contribution in [3.05, 3.63) is 105 Å². The number of ether oxygens (including phenoxy) is 2. The second kappa shape index (κ2) is 13.2. The minimum atomic E-state index is -1.19. The van der Waals surface area contributed by atoms with Crippen LogP contribution in [0.5, 0.6) is 11.5 Å². The zero-order chi connectivity index (χ0) is 29.6. The normalized spacial score (nSPS) is 11.9. The molecule has 1 heterocycles. The van der Waals surface area contributed by atoms with Crippen molar-refractivity contribution >= 4 is 40.2 Å². The first-order valence-corrected chi connectivity index (χ1v) is 13.5. The lowest BCUT2D eigenvalue weighted by atomic mass is 10.0. The van der Waals surface area contributed by atoms with E-state index in [1.54, 1.807) is 36.4 Å². The Kier molecular flexibility index (Phi) is 9.19. The summed E-state index contributed by atoms with van der Waals surface area (Å²) in [6.45, 7) is -0.328. The number of nitrogens with one attached hydrogen (secondary N) is 1. The van der Waals surface area contributed by atoms with Gasteiger partial charge in [-0.25, -0.2) is 9.02 Å². The van der Waals surface area contributed by atoms with Gasteiger partial charge in [0.25, 0.3) is 0 Å². The average molecular weight is 612 g/mol. The van der Waals surface area contributed by atoms with E-state index in [4.69, 9.17) is 37.3 Å². The van der Waals surface area contributed by atoms with E-state index >= 15 is 0 Å². The number of nitrogens with zero attached hydrogens (tertiary/aromatic N) is 2. The molecule has 1 unspecified atom stereocenters. The van der Waals surface area contributed by atoms with Crippen LogP contribution in [0.3, 0.4) is 0 Å². The predicted octanol–water partition coefficient (Wildman–Crippen LogP) is 6.03. The Bertz CT molecular complexity index is 1710. The van der Waals surface area contributed by atoms with E-state index in [-0.39, 0.29) is 30.6 Å². The van der Waals surface area contributed by atoms with Crippen molar-refractivity contribution in [1.29, 1.82) is 0 Å². The van der Waals surface area contributed by atoms with Gasteiger partial charge in [0, 0.05) is 29.3 Å². The van der Waals surface area contributed by atoms with E-state index in [2.05, 4.69) is 15.6 Å². The molecular formula is C30H24Cl2FN3O6. The zero-order valence-electron chi connectivity index (χ0n) is 21.9. The van der Waals surface area contributed by atoms with Gasteiger partial charge in [-0.3, -0.25) is 10.1 Å². The molecule has 5 aromatic rings. The first-order chi connectivity index (χ1) is 20.3. The molecule has 0 aliphatic rings. The quantitative estimate of drug-likeness (QED) is 0.155. The summed E-state index contributed by atoms with van der Waals surface area (Å²) in [6, 6.07) is 18.9. The molecule has 0 fully saturated rings. The fraction of sp³-hybridized carbons (Fsp3) is 0.167. The molecule has 12 heteroatoms. The van der Waals surface area contributed by atoms with Crippen molar-refractivity contribution in [2.45, 2.75) is 25.8 Å². The lowest BCUT2D eigenvalue weighted by Gasteiger charge is -2.18. The van der Waals surface area contributed by atoms with Gasteiger partial charge in [0.1, 0.15) is 47.6 Å². The molecule has 0 saturated heterocycles. The van der Waals surface area contributed by atoms with Crippen LogP contribution in [0.1, 0.15) is 16.7 Å². The molecule has 216 valence electrons. The SMILES string of the molecule is O=C(O)C(CO)NCc1cc(Cl)c(OCc2cccc(-c3ccc(F)cc3)c2Cl)cc1OCc1ccc2nonc2c1. The summed E-state index contributed by atoms with van der Waals surface area (Å²) in [5.41, 5.74) is 4.69. The molecule has 5 rings (SSSR count). The Morgan fingerprint density at radius 1 is 0.929 bits per heavy atom. The number of fused-ring (bicyclic) bond motifs is 1. The molecule has 1 atom stereocenters. The lowest BCUT2D eigenvalue weighted by molar-refractivity contribution is -0.140. The maximum absolute atomic E-state index is 13.4. The van der Waals surface area contributed by atoms with Gasteiger partial charge in [0.2, 0.25) is 0 Å². The van der Waals surface area contributed by atoms with Crippen LogP contribution < -0.4 is 14.8 Å². The summed E-state index contributed by atoms with van der Waals surface area (Å²) in [5, 5.41) is 29.8. The number of benzene rings is 4. The van der Waals surface area contributed by atoms with Gasteiger partial charge in [-0.15, -0.1) is 0 Å². The number of hydrogen-bond acceptors (Lipinski definition) is 8. The fourth-order valence-corrected chi connectivity index (χ4v) is 4.73. The van der Waals surface area contributed by atoms with Crippen molar-refractivity contribution in [2.24, 2.45) is 0 Å². The minimum Gasteiger partial charge on any atom is -0.488 e. The summed E-state index contributed by atoms with van der Waals surface area (Å²) >= 11 is 13.2. The Hall–Kier alpha value is -4.22. The Labute approximate surface area is 249 Å². The van der Waals surface area contributed by atoms with Crippen molar-refractivity contribution < 1.29 is 33.5 Å². The van der Waals surface area contributed by atoms with Crippen LogP contribution in [0, 0.1) is 5.82 Å². The van der Waals surface area contributed by atoms with E-state index in [9.17, 15) is 19.4 Å². The van der Waals surface area contributed by atoms with Crippen LogP contribution in [-0.4, -0.2) is 39.1 Å². The molecule has 4 aromatic carbocycles. The Morgan fingerprint density at radius 3 is 2.45 bits per heavy atom. The first-order valence-electron chi connectivity index (χ1n) is 12.7. The standard InChI is InChI=1S/C30H24Cl2FN3O6/c31-23-11-20(13-34-26(14-37)30(38)39)27(40-15-17-4-9-24-25(10-17)36-42-35-24)12-28(23)41-16-19-2-1-3-22(29(19)32)18-5-7-21(33)8-6-18/h1-12,26,34,37H,13-16H2,(H,38,39). The predicted molar refractivity (Wildman–Crippen MR) is 154 cm³/mol. The molecule has 0 bridgehead atoms. The summed E-state index contributed by atoms with van der Waals surface area (Å²) < 4.78 is 30.3. The number of aliphatic hydroxyl groups excluding tert-OH is 1. The van der Waals surface area contributed by atoms with Crippen molar-refractivity contribution in [3.8, 4) is 22.6 Å². The number of aliphatic hydroxyl groups is 1. The molecule has 3 N–H and O–H groups in total. The van der Waals surface area contributed by atoms with Gasteiger partial charge in [-0.05, 0) is 51.8 Å². The van der Waals surface area contributed by atoms with Crippen LogP contribution in [0.2, 0.25) is 10.0 Å². The Balaban J connectivity index is 1.38. The molecule has 0 saturated carbocycles. The van der Waals surface area contributed by atoms with E-state index in [0.29, 0.717) is 38.7 Å². The monoisotopic (exact) mass is 611 g/mol. The number of hydrogen-bond donors (Lipinski definition) is 3. The highest BCUT2D eigenvalue weighted by Crippen LogP contribution is 2.36. The minimum absolute atomic E-state index is 0.0463.